The molecule has 1 aromatic rings. The van der Waals surface area contributed by atoms with Gasteiger partial charge in [-0.1, -0.05) is 6.92 Å². The molecule has 0 fully saturated rings. The van der Waals surface area contributed by atoms with Gasteiger partial charge in [0.25, 0.3) is 0 Å². The van der Waals surface area contributed by atoms with E-state index in [-0.39, 0.29) is 18.2 Å². The number of likely N-dealkylation sites (N-methyl/N-ethyl adjacent to an activating group) is 2. The van der Waals surface area contributed by atoms with Crippen molar-refractivity contribution in [2.24, 2.45) is 0 Å². The van der Waals surface area contributed by atoms with E-state index in [9.17, 15) is 9.18 Å². The maximum Gasteiger partial charge on any atom is 0.239 e. The Hall–Kier alpha value is -1.98. The number of carbonyl (C=O) groups excluding carboxylic acids is 1. The molecule has 3 N–H and O–H groups in total. The fraction of sp³-hybridized carbons (Fsp3) is 0.533. The molecule has 0 saturated heterocycles. The molecule has 118 valence electrons. The summed E-state index contributed by atoms with van der Waals surface area (Å²) in [5.74, 6) is -0.423. The summed E-state index contributed by atoms with van der Waals surface area (Å²) in [4.78, 5) is 13.5. The Bertz CT molecular complexity index is 480. The fourth-order valence-electron chi connectivity index (χ4n) is 1.95. The maximum absolute atomic E-state index is 13.8. The molecule has 0 aromatic heterocycles. The van der Waals surface area contributed by atoms with Crippen LogP contribution in [0.5, 0.6) is 5.75 Å². The Morgan fingerprint density at radius 1 is 1.38 bits per heavy atom. The van der Waals surface area contributed by atoms with Gasteiger partial charge in [-0.15, -0.1) is 0 Å². The first-order valence-electron chi connectivity index (χ1n) is 7.26. The highest BCUT2D eigenvalue weighted by Crippen LogP contribution is 2.31. The molecule has 0 radical (unpaired) electrons. The molecule has 5 nitrogen and oxygen atoms in total. The SMILES string of the molecule is CCCOc1cc(N(CC)CC(=O)NCC)c(N)cc1F. The largest absolute Gasteiger partial charge is 0.490 e. The summed E-state index contributed by atoms with van der Waals surface area (Å²) in [7, 11) is 0. The van der Waals surface area contributed by atoms with Gasteiger partial charge in [-0.05, 0) is 20.3 Å². The maximum atomic E-state index is 13.8. The molecule has 0 aliphatic heterocycles. The number of rotatable bonds is 8. The molecular formula is C15H24FN3O2. The van der Waals surface area contributed by atoms with E-state index in [1.54, 1.807) is 11.0 Å². The third-order valence-electron chi connectivity index (χ3n) is 2.97. The molecule has 0 aliphatic rings. The summed E-state index contributed by atoms with van der Waals surface area (Å²) < 4.78 is 19.2. The van der Waals surface area contributed by atoms with Crippen molar-refractivity contribution in [3.63, 3.8) is 0 Å². The first-order chi connectivity index (χ1) is 10.0. The van der Waals surface area contributed by atoms with Gasteiger partial charge in [0, 0.05) is 25.2 Å². The van der Waals surface area contributed by atoms with E-state index in [2.05, 4.69) is 5.32 Å². The first kappa shape index (κ1) is 17.1. The normalized spacial score (nSPS) is 10.3. The average Bonchev–Trinajstić information content (AvgIpc) is 2.44. The van der Waals surface area contributed by atoms with E-state index in [4.69, 9.17) is 10.5 Å². The molecule has 0 atom stereocenters. The minimum absolute atomic E-state index is 0.0981. The van der Waals surface area contributed by atoms with Crippen molar-refractivity contribution in [1.82, 2.24) is 5.32 Å². The van der Waals surface area contributed by atoms with Crippen molar-refractivity contribution in [2.75, 3.05) is 36.9 Å². The smallest absolute Gasteiger partial charge is 0.239 e. The van der Waals surface area contributed by atoms with Crippen LogP contribution in [0.1, 0.15) is 27.2 Å². The number of ether oxygens (including phenoxy) is 1. The molecular weight excluding hydrogens is 273 g/mol. The van der Waals surface area contributed by atoms with Gasteiger partial charge in [0.2, 0.25) is 5.91 Å². The number of nitrogens with two attached hydrogens (primary N) is 1. The average molecular weight is 297 g/mol. The lowest BCUT2D eigenvalue weighted by atomic mass is 10.2. The Morgan fingerprint density at radius 3 is 2.67 bits per heavy atom. The molecule has 6 heteroatoms. The van der Waals surface area contributed by atoms with Crippen molar-refractivity contribution in [2.45, 2.75) is 27.2 Å². The summed E-state index contributed by atoms with van der Waals surface area (Å²) in [6.45, 7) is 7.48. The minimum atomic E-state index is -0.487. The molecule has 0 unspecified atom stereocenters. The van der Waals surface area contributed by atoms with Crippen LogP contribution in [0, 0.1) is 5.82 Å². The van der Waals surface area contributed by atoms with E-state index >= 15 is 0 Å². The number of halogens is 1. The topological polar surface area (TPSA) is 67.6 Å². The number of nitrogens with zero attached hydrogens (tertiary/aromatic N) is 1. The molecule has 21 heavy (non-hydrogen) atoms. The molecule has 0 spiro atoms. The Labute approximate surface area is 125 Å². The van der Waals surface area contributed by atoms with Gasteiger partial charge < -0.3 is 20.7 Å². The second-order valence-corrected chi connectivity index (χ2v) is 4.66. The van der Waals surface area contributed by atoms with Crippen molar-refractivity contribution in [3.8, 4) is 5.75 Å². The second kappa shape index (κ2) is 8.34. The van der Waals surface area contributed by atoms with E-state index < -0.39 is 5.82 Å². The molecule has 1 amide bonds. The zero-order chi connectivity index (χ0) is 15.8. The van der Waals surface area contributed by atoms with Gasteiger partial charge >= 0.3 is 0 Å². The lowest BCUT2D eigenvalue weighted by molar-refractivity contribution is -0.119. The highest BCUT2D eigenvalue weighted by Gasteiger charge is 2.16. The molecule has 1 aromatic carbocycles. The first-order valence-corrected chi connectivity index (χ1v) is 7.26. The summed E-state index contributed by atoms with van der Waals surface area (Å²) in [6.07, 6.45) is 0.787. The van der Waals surface area contributed by atoms with Gasteiger partial charge in [-0.3, -0.25) is 4.79 Å². The Morgan fingerprint density at radius 2 is 2.10 bits per heavy atom. The number of nitrogens with one attached hydrogen (secondary N) is 1. The predicted molar refractivity (Wildman–Crippen MR) is 83.2 cm³/mol. The lowest BCUT2D eigenvalue weighted by Crippen LogP contribution is -2.37. The molecule has 0 heterocycles. The van der Waals surface area contributed by atoms with Crippen LogP contribution in [0.3, 0.4) is 0 Å². The molecule has 0 bridgehead atoms. The lowest BCUT2D eigenvalue weighted by Gasteiger charge is -2.24. The monoisotopic (exact) mass is 297 g/mol. The van der Waals surface area contributed by atoms with Gasteiger partial charge in [-0.25, -0.2) is 4.39 Å². The van der Waals surface area contributed by atoms with Crippen LogP contribution in [0.15, 0.2) is 12.1 Å². The highest BCUT2D eigenvalue weighted by molar-refractivity contribution is 5.83. The summed E-state index contributed by atoms with van der Waals surface area (Å²) in [5.41, 5.74) is 6.78. The number of anilines is 2. The van der Waals surface area contributed by atoms with E-state index in [1.165, 1.54) is 6.07 Å². The van der Waals surface area contributed by atoms with Crippen LogP contribution < -0.4 is 20.7 Å². The highest BCUT2D eigenvalue weighted by atomic mass is 19.1. The quantitative estimate of drug-likeness (QED) is 0.722. The number of benzene rings is 1. The van der Waals surface area contributed by atoms with Crippen LogP contribution in [0.2, 0.25) is 0 Å². The predicted octanol–water partition coefficient (Wildman–Crippen LogP) is 2.16. The molecule has 1 rings (SSSR count). The third-order valence-corrected chi connectivity index (χ3v) is 2.97. The third kappa shape index (κ3) is 4.81. The van der Waals surface area contributed by atoms with Crippen LogP contribution in [-0.4, -0.2) is 32.1 Å². The summed E-state index contributed by atoms with van der Waals surface area (Å²) in [6, 6.07) is 2.80. The number of hydrogen-bond acceptors (Lipinski definition) is 4. The van der Waals surface area contributed by atoms with Crippen LogP contribution >= 0.6 is 0 Å². The van der Waals surface area contributed by atoms with Crippen molar-refractivity contribution >= 4 is 17.3 Å². The zero-order valence-corrected chi connectivity index (χ0v) is 12.9. The van der Waals surface area contributed by atoms with E-state index in [0.29, 0.717) is 31.1 Å². The number of nitrogen functional groups attached to an aromatic ring is 1. The van der Waals surface area contributed by atoms with Gasteiger partial charge in [-0.2, -0.15) is 0 Å². The van der Waals surface area contributed by atoms with Crippen molar-refractivity contribution < 1.29 is 13.9 Å². The Balaban J connectivity index is 2.99. The number of amides is 1. The minimum Gasteiger partial charge on any atom is -0.490 e. The fourth-order valence-corrected chi connectivity index (χ4v) is 1.95. The zero-order valence-electron chi connectivity index (χ0n) is 12.9. The van der Waals surface area contributed by atoms with E-state index in [0.717, 1.165) is 6.42 Å². The molecule has 0 saturated carbocycles. The standard InChI is InChI=1S/C15H24FN3O2/c1-4-7-21-14-9-13(12(17)8-11(14)16)19(6-3)10-15(20)18-5-2/h8-9H,4-7,10,17H2,1-3H3,(H,18,20). The molecule has 0 aliphatic carbocycles. The van der Waals surface area contributed by atoms with Crippen LogP contribution in [0.4, 0.5) is 15.8 Å². The summed E-state index contributed by atoms with van der Waals surface area (Å²) >= 11 is 0. The van der Waals surface area contributed by atoms with Crippen LogP contribution in [0.25, 0.3) is 0 Å². The van der Waals surface area contributed by atoms with Crippen molar-refractivity contribution in [1.29, 1.82) is 0 Å². The Kier molecular flexibility index (Phi) is 6.78. The van der Waals surface area contributed by atoms with E-state index in [1.807, 2.05) is 20.8 Å². The number of carbonyl (C=O) groups is 1. The van der Waals surface area contributed by atoms with Gasteiger partial charge in [0.15, 0.2) is 11.6 Å². The number of hydrogen-bond donors (Lipinski definition) is 2. The van der Waals surface area contributed by atoms with Gasteiger partial charge in [0.1, 0.15) is 0 Å². The van der Waals surface area contributed by atoms with Crippen molar-refractivity contribution in [3.05, 3.63) is 17.9 Å². The van der Waals surface area contributed by atoms with Crippen LogP contribution in [-0.2, 0) is 4.79 Å². The summed E-state index contributed by atoms with van der Waals surface area (Å²) in [5, 5.41) is 2.73. The van der Waals surface area contributed by atoms with Gasteiger partial charge in [0.05, 0.1) is 24.5 Å². The second-order valence-electron chi connectivity index (χ2n) is 4.66.